The minimum atomic E-state index is -0.0481. The van der Waals surface area contributed by atoms with Crippen LogP contribution in [-0.2, 0) is 0 Å². The van der Waals surface area contributed by atoms with Gasteiger partial charge < -0.3 is 0 Å². The molecule has 0 aliphatic rings. The standard InChI is InChI=1S/C6H5BrN2O.2BrH/c7-3-6(10)5-4-8-1-2-9-5;;/h1-2,4H,3H2;2*1H. The summed E-state index contributed by atoms with van der Waals surface area (Å²) in [6.45, 7) is 0. The summed E-state index contributed by atoms with van der Waals surface area (Å²) < 4.78 is 0. The number of rotatable bonds is 2. The maximum atomic E-state index is 10.9. The van der Waals surface area contributed by atoms with Crippen molar-refractivity contribution in [1.29, 1.82) is 0 Å². The Labute approximate surface area is 99.7 Å². The Morgan fingerprint density at radius 3 is 2.50 bits per heavy atom. The van der Waals surface area contributed by atoms with E-state index in [1.807, 2.05) is 0 Å². The van der Waals surface area contributed by atoms with Crippen LogP contribution in [0.1, 0.15) is 10.5 Å². The lowest BCUT2D eigenvalue weighted by molar-refractivity contribution is 0.101. The van der Waals surface area contributed by atoms with E-state index in [1.165, 1.54) is 18.6 Å². The molecule has 3 nitrogen and oxygen atoms in total. The molecule has 0 fully saturated rings. The van der Waals surface area contributed by atoms with Gasteiger partial charge in [-0.3, -0.25) is 9.78 Å². The first-order valence-corrected chi connectivity index (χ1v) is 3.82. The fourth-order valence-electron chi connectivity index (χ4n) is 0.512. The Morgan fingerprint density at radius 2 is 2.08 bits per heavy atom. The Kier molecular flexibility index (Phi) is 9.58. The van der Waals surface area contributed by atoms with Gasteiger partial charge in [-0.05, 0) is 0 Å². The molecule has 68 valence electrons. The van der Waals surface area contributed by atoms with E-state index in [4.69, 9.17) is 0 Å². The van der Waals surface area contributed by atoms with Crippen molar-refractivity contribution in [1.82, 2.24) is 9.97 Å². The maximum Gasteiger partial charge on any atom is 0.193 e. The van der Waals surface area contributed by atoms with Crippen LogP contribution in [0.5, 0.6) is 0 Å². The van der Waals surface area contributed by atoms with Crippen molar-refractivity contribution < 1.29 is 4.79 Å². The zero-order valence-corrected chi connectivity index (χ0v) is 10.9. The van der Waals surface area contributed by atoms with Gasteiger partial charge in [0, 0.05) is 12.4 Å². The van der Waals surface area contributed by atoms with Crippen LogP contribution in [0.4, 0.5) is 0 Å². The molecule has 1 aromatic heterocycles. The molecular formula is C6H7Br3N2O. The summed E-state index contributed by atoms with van der Waals surface area (Å²) >= 11 is 3.03. The number of Topliss-reactive ketones (excluding diaryl/α,β-unsaturated/α-hetero) is 1. The molecule has 0 bridgehead atoms. The largest absolute Gasteiger partial charge is 0.291 e. The highest BCUT2D eigenvalue weighted by molar-refractivity contribution is 9.09. The molecule has 0 atom stereocenters. The van der Waals surface area contributed by atoms with Gasteiger partial charge in [-0.25, -0.2) is 4.98 Å². The van der Waals surface area contributed by atoms with Gasteiger partial charge in [0.1, 0.15) is 5.69 Å². The predicted octanol–water partition coefficient (Wildman–Crippen LogP) is 2.21. The van der Waals surface area contributed by atoms with Gasteiger partial charge in [0.15, 0.2) is 5.78 Å². The van der Waals surface area contributed by atoms with Gasteiger partial charge in [0.25, 0.3) is 0 Å². The molecule has 0 radical (unpaired) electrons. The summed E-state index contributed by atoms with van der Waals surface area (Å²) in [5.74, 6) is -0.0481. The number of alkyl halides is 1. The molecule has 1 rings (SSSR count). The molecule has 0 spiro atoms. The highest BCUT2D eigenvalue weighted by Gasteiger charge is 2.02. The second-order valence-corrected chi connectivity index (χ2v) is 2.21. The molecule has 0 aliphatic heterocycles. The number of hydrogen-bond donors (Lipinski definition) is 0. The van der Waals surface area contributed by atoms with E-state index < -0.39 is 0 Å². The molecule has 0 N–H and O–H groups in total. The van der Waals surface area contributed by atoms with E-state index in [1.54, 1.807) is 0 Å². The summed E-state index contributed by atoms with van der Waals surface area (Å²) in [7, 11) is 0. The van der Waals surface area contributed by atoms with E-state index in [0.717, 1.165) is 0 Å². The summed E-state index contributed by atoms with van der Waals surface area (Å²) in [5, 5.41) is 0.297. The second-order valence-electron chi connectivity index (χ2n) is 1.65. The number of ketones is 1. The van der Waals surface area contributed by atoms with Crippen molar-refractivity contribution in [3.63, 3.8) is 0 Å². The normalized spacial score (nSPS) is 7.75. The van der Waals surface area contributed by atoms with Crippen LogP contribution in [0.2, 0.25) is 0 Å². The van der Waals surface area contributed by atoms with Crippen LogP contribution >= 0.6 is 49.9 Å². The molecule has 0 amide bonds. The average Bonchev–Trinajstić information content (AvgIpc) is 2.05. The molecule has 6 heteroatoms. The van der Waals surface area contributed by atoms with Crippen LogP contribution in [0.3, 0.4) is 0 Å². The lowest BCUT2D eigenvalue weighted by Gasteiger charge is -1.91. The predicted molar refractivity (Wildman–Crippen MR) is 60.8 cm³/mol. The van der Waals surface area contributed by atoms with E-state index in [9.17, 15) is 4.79 Å². The van der Waals surface area contributed by atoms with Crippen LogP contribution in [-0.4, -0.2) is 21.1 Å². The summed E-state index contributed by atoms with van der Waals surface area (Å²) in [6, 6.07) is 0. The van der Waals surface area contributed by atoms with E-state index in [0.29, 0.717) is 11.0 Å². The molecule has 1 aromatic rings. The third kappa shape index (κ3) is 4.27. The number of hydrogen-bond acceptors (Lipinski definition) is 3. The van der Waals surface area contributed by atoms with Gasteiger partial charge in [0.05, 0.1) is 11.5 Å². The maximum absolute atomic E-state index is 10.9. The number of carbonyl (C=O) groups is 1. The molecule has 0 aliphatic carbocycles. The lowest BCUT2D eigenvalue weighted by Crippen LogP contribution is -2.02. The highest BCUT2D eigenvalue weighted by atomic mass is 79.9. The number of aromatic nitrogens is 2. The summed E-state index contributed by atoms with van der Waals surface area (Å²) in [4.78, 5) is 18.4. The molecule has 12 heavy (non-hydrogen) atoms. The third-order valence-electron chi connectivity index (χ3n) is 0.970. The first-order valence-electron chi connectivity index (χ1n) is 2.70. The van der Waals surface area contributed by atoms with Gasteiger partial charge in [0.2, 0.25) is 0 Å². The van der Waals surface area contributed by atoms with Crippen molar-refractivity contribution in [3.8, 4) is 0 Å². The molecular weight excluding hydrogens is 356 g/mol. The first kappa shape index (κ1) is 14.7. The van der Waals surface area contributed by atoms with E-state index in [2.05, 4.69) is 25.9 Å². The van der Waals surface area contributed by atoms with Gasteiger partial charge in [-0.15, -0.1) is 34.0 Å². The number of carbonyl (C=O) groups excluding carboxylic acids is 1. The zero-order valence-electron chi connectivity index (χ0n) is 5.94. The van der Waals surface area contributed by atoms with E-state index in [-0.39, 0.29) is 39.7 Å². The fourth-order valence-corrected chi connectivity index (χ4v) is 0.799. The smallest absolute Gasteiger partial charge is 0.193 e. The van der Waals surface area contributed by atoms with Crippen molar-refractivity contribution in [2.45, 2.75) is 0 Å². The monoisotopic (exact) mass is 360 g/mol. The Bertz CT molecular complexity index is 229. The third-order valence-corrected chi connectivity index (χ3v) is 1.48. The fraction of sp³-hybridized carbons (Fsp3) is 0.167. The Balaban J connectivity index is 0. The second kappa shape index (κ2) is 7.82. The zero-order chi connectivity index (χ0) is 7.40. The van der Waals surface area contributed by atoms with Crippen LogP contribution in [0, 0.1) is 0 Å². The lowest BCUT2D eigenvalue weighted by atomic mass is 10.3. The Morgan fingerprint density at radius 1 is 1.42 bits per heavy atom. The highest BCUT2D eigenvalue weighted by Crippen LogP contribution is 1.94. The SMILES string of the molecule is Br.Br.O=C(CBr)c1cnccn1. The number of nitrogens with zero attached hydrogens (tertiary/aromatic N) is 2. The van der Waals surface area contributed by atoms with Crippen molar-refractivity contribution in [3.05, 3.63) is 24.3 Å². The minimum absolute atomic E-state index is 0. The molecule has 1 heterocycles. The topological polar surface area (TPSA) is 42.9 Å². The quantitative estimate of drug-likeness (QED) is 0.598. The van der Waals surface area contributed by atoms with Crippen molar-refractivity contribution in [2.75, 3.05) is 5.33 Å². The first-order chi connectivity index (χ1) is 4.84. The van der Waals surface area contributed by atoms with Gasteiger partial charge >= 0.3 is 0 Å². The molecule has 0 aromatic carbocycles. The summed E-state index contributed by atoms with van der Waals surface area (Å²) in [6.07, 6.45) is 4.48. The van der Waals surface area contributed by atoms with Gasteiger partial charge in [-0.2, -0.15) is 0 Å². The minimum Gasteiger partial charge on any atom is -0.291 e. The Hall–Kier alpha value is 0.190. The van der Waals surface area contributed by atoms with Crippen LogP contribution < -0.4 is 0 Å². The van der Waals surface area contributed by atoms with Crippen molar-refractivity contribution in [2.24, 2.45) is 0 Å². The molecule has 0 unspecified atom stereocenters. The average molecular weight is 363 g/mol. The van der Waals surface area contributed by atoms with Crippen molar-refractivity contribution >= 4 is 55.7 Å². The van der Waals surface area contributed by atoms with E-state index >= 15 is 0 Å². The molecule has 0 saturated heterocycles. The van der Waals surface area contributed by atoms with Crippen LogP contribution in [0.15, 0.2) is 18.6 Å². The van der Waals surface area contributed by atoms with Gasteiger partial charge in [-0.1, -0.05) is 15.9 Å². The molecule has 0 saturated carbocycles. The number of halogens is 3. The van der Waals surface area contributed by atoms with Crippen LogP contribution in [0.25, 0.3) is 0 Å². The summed E-state index contributed by atoms with van der Waals surface area (Å²) in [5.41, 5.74) is 0.402.